The number of benzene rings is 2. The van der Waals surface area contributed by atoms with Crippen LogP contribution in [0.1, 0.15) is 64.0 Å². The van der Waals surface area contributed by atoms with E-state index in [4.69, 9.17) is 14.7 Å². The predicted molar refractivity (Wildman–Crippen MR) is 149 cm³/mol. The lowest BCUT2D eigenvalue weighted by Crippen LogP contribution is -2.28. The lowest BCUT2D eigenvalue weighted by molar-refractivity contribution is -0.115. The van der Waals surface area contributed by atoms with Gasteiger partial charge in [0, 0.05) is 23.4 Å². The smallest absolute Gasteiger partial charge is 0.412 e. The molecule has 0 aliphatic carbocycles. The Kier molecular flexibility index (Phi) is 8.89. The number of hydrogen-bond acceptors (Lipinski definition) is 7. The Morgan fingerprint density at radius 1 is 0.925 bits per heavy atom. The Bertz CT molecular complexity index is 1470. The summed E-state index contributed by atoms with van der Waals surface area (Å²) in [5, 5.41) is 14.4. The summed E-state index contributed by atoms with van der Waals surface area (Å²) in [6.45, 7) is 10.7. The fourth-order valence-corrected chi connectivity index (χ4v) is 3.58. The molecule has 0 aliphatic rings. The van der Waals surface area contributed by atoms with E-state index in [1.807, 2.05) is 26.8 Å². The SMILES string of the molecule is CC(C)(C)OC(=O)Nc1cc(OC(C)(C)C)c(-c2ccc(F)cc2)cc1NC(=O)CC(=O)c1ccnc(C#N)c1. The zero-order valence-electron chi connectivity index (χ0n) is 23.2. The number of carbonyl (C=O) groups is 3. The number of ketones is 1. The van der Waals surface area contributed by atoms with Crippen molar-refractivity contribution in [1.29, 1.82) is 5.26 Å². The van der Waals surface area contributed by atoms with E-state index in [0.29, 0.717) is 16.9 Å². The highest BCUT2D eigenvalue weighted by Crippen LogP contribution is 2.40. The number of nitriles is 1. The van der Waals surface area contributed by atoms with Crippen molar-refractivity contribution in [2.45, 2.75) is 59.2 Å². The van der Waals surface area contributed by atoms with Crippen molar-refractivity contribution in [1.82, 2.24) is 4.98 Å². The minimum absolute atomic E-state index is 0.0495. The van der Waals surface area contributed by atoms with Crippen molar-refractivity contribution >= 4 is 29.2 Å². The molecule has 10 heteroatoms. The van der Waals surface area contributed by atoms with Gasteiger partial charge in [0.05, 0.1) is 17.8 Å². The molecule has 1 aromatic heterocycles. The molecule has 0 spiro atoms. The first-order valence-electron chi connectivity index (χ1n) is 12.5. The van der Waals surface area contributed by atoms with Crippen LogP contribution in [0.4, 0.5) is 20.6 Å². The van der Waals surface area contributed by atoms with Crippen LogP contribution in [0.2, 0.25) is 0 Å². The first kappa shape index (κ1) is 29.8. The Labute approximate surface area is 232 Å². The minimum atomic E-state index is -0.786. The summed E-state index contributed by atoms with van der Waals surface area (Å²) in [5.74, 6) is -1.25. The third-order valence-corrected chi connectivity index (χ3v) is 5.12. The summed E-state index contributed by atoms with van der Waals surface area (Å²) < 4.78 is 25.2. The molecule has 3 rings (SSSR count). The number of pyridine rings is 1. The van der Waals surface area contributed by atoms with Crippen LogP contribution < -0.4 is 15.4 Å². The molecule has 0 unspecified atom stereocenters. The van der Waals surface area contributed by atoms with E-state index in [2.05, 4.69) is 15.6 Å². The predicted octanol–water partition coefficient (Wildman–Crippen LogP) is 6.50. The minimum Gasteiger partial charge on any atom is -0.487 e. The topological polar surface area (TPSA) is 130 Å². The Morgan fingerprint density at radius 3 is 2.17 bits per heavy atom. The van der Waals surface area contributed by atoms with Crippen LogP contribution in [-0.2, 0) is 9.53 Å². The molecular formula is C30H31FN4O5. The van der Waals surface area contributed by atoms with Crippen LogP contribution >= 0.6 is 0 Å². The molecule has 2 aromatic carbocycles. The number of rotatable bonds is 7. The number of amides is 2. The molecule has 0 bridgehead atoms. The molecule has 0 aliphatic heterocycles. The summed E-state index contributed by atoms with van der Waals surface area (Å²) in [4.78, 5) is 42.2. The molecule has 0 saturated heterocycles. The lowest BCUT2D eigenvalue weighted by atomic mass is 10.0. The Balaban J connectivity index is 2.03. The van der Waals surface area contributed by atoms with Crippen molar-refractivity contribution in [3.8, 4) is 22.9 Å². The quantitative estimate of drug-likeness (QED) is 0.256. The van der Waals surface area contributed by atoms with E-state index < -0.39 is 41.2 Å². The molecule has 2 amide bonds. The Hall–Kier alpha value is -4.78. The van der Waals surface area contributed by atoms with Gasteiger partial charge >= 0.3 is 6.09 Å². The van der Waals surface area contributed by atoms with Crippen LogP contribution in [0.25, 0.3) is 11.1 Å². The van der Waals surface area contributed by atoms with Gasteiger partial charge in [-0.25, -0.2) is 14.2 Å². The molecule has 1 heterocycles. The molecule has 0 radical (unpaired) electrons. The molecule has 9 nitrogen and oxygen atoms in total. The fourth-order valence-electron chi connectivity index (χ4n) is 3.58. The third-order valence-electron chi connectivity index (χ3n) is 5.12. The molecule has 40 heavy (non-hydrogen) atoms. The summed E-state index contributed by atoms with van der Waals surface area (Å²) >= 11 is 0. The maximum atomic E-state index is 13.7. The molecule has 3 aromatic rings. The second-order valence-corrected chi connectivity index (χ2v) is 10.9. The highest BCUT2D eigenvalue weighted by atomic mass is 19.1. The van der Waals surface area contributed by atoms with Gasteiger partial charge in [0.2, 0.25) is 5.91 Å². The first-order valence-corrected chi connectivity index (χ1v) is 12.5. The number of hydrogen-bond donors (Lipinski definition) is 2. The Morgan fingerprint density at radius 2 is 1.57 bits per heavy atom. The zero-order chi connectivity index (χ0) is 29.7. The maximum absolute atomic E-state index is 13.7. The summed E-state index contributed by atoms with van der Waals surface area (Å²) in [6.07, 6.45) is 0.0126. The molecular weight excluding hydrogens is 515 g/mol. The highest BCUT2D eigenvalue weighted by molar-refractivity contribution is 6.12. The van der Waals surface area contributed by atoms with Crippen LogP contribution in [0, 0.1) is 17.1 Å². The fraction of sp³-hybridized carbons (Fsp3) is 0.300. The van der Waals surface area contributed by atoms with E-state index in [9.17, 15) is 18.8 Å². The van der Waals surface area contributed by atoms with Crippen molar-refractivity contribution in [2.24, 2.45) is 0 Å². The number of nitrogens with zero attached hydrogens (tertiary/aromatic N) is 2. The van der Waals surface area contributed by atoms with E-state index >= 15 is 0 Å². The van der Waals surface area contributed by atoms with E-state index in [1.54, 1.807) is 39.0 Å². The van der Waals surface area contributed by atoms with Gasteiger partial charge < -0.3 is 14.8 Å². The normalized spacial score (nSPS) is 11.2. The second kappa shape index (κ2) is 11.9. The van der Waals surface area contributed by atoms with E-state index in [0.717, 1.165) is 0 Å². The van der Waals surface area contributed by atoms with Crippen LogP contribution in [-0.4, -0.2) is 34.0 Å². The van der Waals surface area contributed by atoms with Crippen molar-refractivity contribution in [3.05, 3.63) is 71.8 Å². The van der Waals surface area contributed by atoms with E-state index in [1.165, 1.54) is 36.5 Å². The van der Waals surface area contributed by atoms with Gasteiger partial charge in [-0.1, -0.05) is 12.1 Å². The number of nitrogens with one attached hydrogen (secondary N) is 2. The third kappa shape index (κ3) is 8.63. The number of anilines is 2. The van der Waals surface area contributed by atoms with Crippen molar-refractivity contribution in [2.75, 3.05) is 10.6 Å². The van der Waals surface area contributed by atoms with Gasteiger partial charge in [-0.05, 0) is 77.4 Å². The van der Waals surface area contributed by atoms with Gasteiger partial charge in [-0.2, -0.15) is 5.26 Å². The molecule has 208 valence electrons. The van der Waals surface area contributed by atoms with Gasteiger partial charge in [-0.15, -0.1) is 0 Å². The highest BCUT2D eigenvalue weighted by Gasteiger charge is 2.23. The lowest BCUT2D eigenvalue weighted by Gasteiger charge is -2.26. The van der Waals surface area contributed by atoms with Crippen LogP contribution in [0.3, 0.4) is 0 Å². The number of carbonyl (C=O) groups excluding carboxylic acids is 3. The number of ether oxygens (including phenoxy) is 2. The number of Topliss-reactive ketones (excluding diaryl/α,β-unsaturated/α-hetero) is 1. The van der Waals surface area contributed by atoms with Crippen molar-refractivity contribution < 1.29 is 28.2 Å². The molecule has 2 N–H and O–H groups in total. The second-order valence-electron chi connectivity index (χ2n) is 10.9. The summed E-state index contributed by atoms with van der Waals surface area (Å²) in [7, 11) is 0. The van der Waals surface area contributed by atoms with Crippen LogP contribution in [0.15, 0.2) is 54.7 Å². The van der Waals surface area contributed by atoms with Gasteiger partial charge in [-0.3, -0.25) is 14.9 Å². The monoisotopic (exact) mass is 546 g/mol. The standard InChI is InChI=1S/C30H31FN4O5/c1-29(2,3)39-26-15-24(35-28(38)40-30(4,5)6)23(14-22(26)18-7-9-20(31)10-8-18)34-27(37)16-25(36)19-11-12-33-21(13-19)17-32/h7-15H,16H2,1-6H3,(H,34,37)(H,35,38). The van der Waals surface area contributed by atoms with E-state index in [-0.39, 0.29) is 22.6 Å². The summed E-state index contributed by atoms with van der Waals surface area (Å²) in [5.41, 5.74) is 0.222. The summed E-state index contributed by atoms with van der Waals surface area (Å²) in [6, 6.07) is 13.4. The first-order chi connectivity index (χ1) is 18.6. The molecule has 0 saturated carbocycles. The number of halogens is 1. The molecule has 0 atom stereocenters. The average molecular weight is 547 g/mol. The largest absolute Gasteiger partial charge is 0.487 e. The molecule has 0 fully saturated rings. The van der Waals surface area contributed by atoms with Crippen LogP contribution in [0.5, 0.6) is 5.75 Å². The average Bonchev–Trinajstić information content (AvgIpc) is 2.84. The number of aromatic nitrogens is 1. The van der Waals surface area contributed by atoms with Crippen molar-refractivity contribution in [3.63, 3.8) is 0 Å². The van der Waals surface area contributed by atoms with Gasteiger partial charge in [0.15, 0.2) is 5.78 Å². The maximum Gasteiger partial charge on any atom is 0.412 e. The van der Waals surface area contributed by atoms with Gasteiger partial charge in [0.1, 0.15) is 34.5 Å². The zero-order valence-corrected chi connectivity index (χ0v) is 23.2. The van der Waals surface area contributed by atoms with Gasteiger partial charge in [0.25, 0.3) is 0 Å².